The van der Waals surface area contributed by atoms with Gasteiger partial charge in [-0.3, -0.25) is 4.90 Å². The lowest BCUT2D eigenvalue weighted by Gasteiger charge is -2.34. The Morgan fingerprint density at radius 1 is 1.26 bits per heavy atom. The standard InChI is InChI=1S/C15H22BrNO2/c1-11-6-7-17(10-13(11)16)9-12-4-5-14(18-2)15(8-12)19-3/h4-5,8,11,13H,6-7,9-10H2,1-3H3. The van der Waals surface area contributed by atoms with Crippen molar-refractivity contribution < 1.29 is 9.47 Å². The van der Waals surface area contributed by atoms with Crippen LogP contribution < -0.4 is 9.47 Å². The van der Waals surface area contributed by atoms with Crippen LogP contribution in [-0.2, 0) is 6.54 Å². The number of methoxy groups -OCH3 is 2. The van der Waals surface area contributed by atoms with Gasteiger partial charge >= 0.3 is 0 Å². The van der Waals surface area contributed by atoms with E-state index in [4.69, 9.17) is 9.47 Å². The minimum atomic E-state index is 0.599. The molecule has 0 aromatic heterocycles. The Balaban J connectivity index is 2.03. The zero-order chi connectivity index (χ0) is 13.8. The fraction of sp³-hybridized carbons (Fsp3) is 0.600. The van der Waals surface area contributed by atoms with E-state index in [2.05, 4.69) is 39.9 Å². The second kappa shape index (κ2) is 6.62. The van der Waals surface area contributed by atoms with Gasteiger partial charge in [0.1, 0.15) is 0 Å². The molecule has 1 fully saturated rings. The van der Waals surface area contributed by atoms with Gasteiger partial charge in [-0.1, -0.05) is 28.9 Å². The maximum Gasteiger partial charge on any atom is 0.161 e. The van der Waals surface area contributed by atoms with Crippen molar-refractivity contribution in [2.24, 2.45) is 5.92 Å². The number of hydrogen-bond donors (Lipinski definition) is 0. The quantitative estimate of drug-likeness (QED) is 0.792. The third-order valence-corrected chi connectivity index (χ3v) is 5.00. The highest BCUT2D eigenvalue weighted by atomic mass is 79.9. The summed E-state index contributed by atoms with van der Waals surface area (Å²) in [5.41, 5.74) is 1.27. The molecule has 0 saturated carbocycles. The molecule has 3 nitrogen and oxygen atoms in total. The average molecular weight is 328 g/mol. The van der Waals surface area contributed by atoms with E-state index >= 15 is 0 Å². The highest BCUT2D eigenvalue weighted by molar-refractivity contribution is 9.09. The molecule has 0 radical (unpaired) electrons. The molecular formula is C15H22BrNO2. The van der Waals surface area contributed by atoms with E-state index in [-0.39, 0.29) is 0 Å². The molecule has 1 heterocycles. The first-order chi connectivity index (χ1) is 9.13. The summed E-state index contributed by atoms with van der Waals surface area (Å²) in [4.78, 5) is 3.09. The number of rotatable bonds is 4. The third-order valence-electron chi connectivity index (χ3n) is 3.80. The van der Waals surface area contributed by atoms with E-state index in [1.165, 1.54) is 12.0 Å². The maximum atomic E-state index is 5.35. The van der Waals surface area contributed by atoms with Gasteiger partial charge in [0, 0.05) is 17.9 Å². The molecule has 1 aromatic carbocycles. The Labute approximate surface area is 124 Å². The normalized spacial score (nSPS) is 24.2. The molecule has 2 rings (SSSR count). The molecule has 0 amide bonds. The number of alkyl halides is 1. The largest absolute Gasteiger partial charge is 0.493 e. The molecule has 0 spiro atoms. The van der Waals surface area contributed by atoms with E-state index in [1.54, 1.807) is 14.2 Å². The van der Waals surface area contributed by atoms with Crippen LogP contribution in [0.25, 0.3) is 0 Å². The Hall–Kier alpha value is -0.740. The molecule has 4 heteroatoms. The highest BCUT2D eigenvalue weighted by Crippen LogP contribution is 2.29. The molecule has 1 saturated heterocycles. The molecule has 2 atom stereocenters. The maximum absolute atomic E-state index is 5.35. The lowest BCUT2D eigenvalue weighted by molar-refractivity contribution is 0.193. The van der Waals surface area contributed by atoms with E-state index in [1.807, 2.05) is 6.07 Å². The van der Waals surface area contributed by atoms with Gasteiger partial charge in [-0.05, 0) is 36.6 Å². The summed E-state index contributed by atoms with van der Waals surface area (Å²) in [6.07, 6.45) is 1.25. The van der Waals surface area contributed by atoms with Crippen LogP contribution in [0.4, 0.5) is 0 Å². The summed E-state index contributed by atoms with van der Waals surface area (Å²) in [7, 11) is 3.34. The first-order valence-electron chi connectivity index (χ1n) is 6.71. The topological polar surface area (TPSA) is 21.7 Å². The number of benzene rings is 1. The van der Waals surface area contributed by atoms with Crippen LogP contribution in [0.2, 0.25) is 0 Å². The number of hydrogen-bond acceptors (Lipinski definition) is 3. The van der Waals surface area contributed by atoms with Crippen molar-refractivity contribution in [3.05, 3.63) is 23.8 Å². The number of halogens is 1. The van der Waals surface area contributed by atoms with Crippen molar-refractivity contribution >= 4 is 15.9 Å². The van der Waals surface area contributed by atoms with Gasteiger partial charge in [0.25, 0.3) is 0 Å². The lowest BCUT2D eigenvalue weighted by atomic mass is 9.98. The van der Waals surface area contributed by atoms with Gasteiger partial charge < -0.3 is 9.47 Å². The predicted molar refractivity (Wildman–Crippen MR) is 81.3 cm³/mol. The van der Waals surface area contributed by atoms with Crippen molar-refractivity contribution in [2.45, 2.75) is 24.7 Å². The number of ether oxygens (including phenoxy) is 2. The van der Waals surface area contributed by atoms with Crippen LogP contribution in [0.3, 0.4) is 0 Å². The van der Waals surface area contributed by atoms with Crippen molar-refractivity contribution in [1.29, 1.82) is 0 Å². The smallest absolute Gasteiger partial charge is 0.161 e. The van der Waals surface area contributed by atoms with Gasteiger partial charge in [0.05, 0.1) is 14.2 Å². The minimum Gasteiger partial charge on any atom is -0.493 e. The Morgan fingerprint density at radius 3 is 2.63 bits per heavy atom. The SMILES string of the molecule is COc1ccc(CN2CCC(C)C(Br)C2)cc1OC. The molecule has 0 bridgehead atoms. The van der Waals surface area contributed by atoms with Gasteiger partial charge in [-0.15, -0.1) is 0 Å². The molecule has 0 aliphatic carbocycles. The molecule has 1 aromatic rings. The van der Waals surface area contributed by atoms with Gasteiger partial charge in [-0.25, -0.2) is 0 Å². The summed E-state index contributed by atoms with van der Waals surface area (Å²) >= 11 is 3.77. The summed E-state index contributed by atoms with van der Waals surface area (Å²) in [5.74, 6) is 2.36. The summed E-state index contributed by atoms with van der Waals surface area (Å²) in [6, 6.07) is 6.16. The zero-order valence-electron chi connectivity index (χ0n) is 11.9. The van der Waals surface area contributed by atoms with Gasteiger partial charge in [-0.2, -0.15) is 0 Å². The van der Waals surface area contributed by atoms with Crippen LogP contribution in [0.1, 0.15) is 18.9 Å². The van der Waals surface area contributed by atoms with E-state index < -0.39 is 0 Å². The molecule has 106 valence electrons. The predicted octanol–water partition coefficient (Wildman–Crippen LogP) is 3.31. The summed E-state index contributed by atoms with van der Waals surface area (Å²) < 4.78 is 10.6. The van der Waals surface area contributed by atoms with Gasteiger partial charge in [0.15, 0.2) is 11.5 Å². The first kappa shape index (κ1) is 14.7. The Bertz CT molecular complexity index is 425. The number of nitrogens with zero attached hydrogens (tertiary/aromatic N) is 1. The van der Waals surface area contributed by atoms with Crippen LogP contribution in [0.5, 0.6) is 11.5 Å². The number of piperidine rings is 1. The van der Waals surface area contributed by atoms with Crippen LogP contribution in [0.15, 0.2) is 18.2 Å². The zero-order valence-corrected chi connectivity index (χ0v) is 13.4. The van der Waals surface area contributed by atoms with Crippen molar-refractivity contribution in [3.8, 4) is 11.5 Å². The monoisotopic (exact) mass is 327 g/mol. The van der Waals surface area contributed by atoms with Crippen LogP contribution in [-0.4, -0.2) is 37.0 Å². The van der Waals surface area contributed by atoms with Crippen molar-refractivity contribution in [1.82, 2.24) is 4.90 Å². The van der Waals surface area contributed by atoms with E-state index in [0.717, 1.165) is 37.1 Å². The van der Waals surface area contributed by atoms with Gasteiger partial charge in [0.2, 0.25) is 0 Å². The molecule has 1 aliphatic heterocycles. The lowest BCUT2D eigenvalue weighted by Crippen LogP contribution is -2.39. The summed E-state index contributed by atoms with van der Waals surface area (Å²) in [5, 5.41) is 0. The molecule has 19 heavy (non-hydrogen) atoms. The third kappa shape index (κ3) is 3.63. The van der Waals surface area contributed by atoms with Crippen molar-refractivity contribution in [3.63, 3.8) is 0 Å². The van der Waals surface area contributed by atoms with Crippen molar-refractivity contribution in [2.75, 3.05) is 27.3 Å². The van der Waals surface area contributed by atoms with E-state index in [0.29, 0.717) is 4.83 Å². The second-order valence-electron chi connectivity index (χ2n) is 5.21. The second-order valence-corrected chi connectivity index (χ2v) is 6.38. The first-order valence-corrected chi connectivity index (χ1v) is 7.63. The fourth-order valence-electron chi connectivity index (χ4n) is 2.47. The molecule has 1 aliphatic rings. The van der Waals surface area contributed by atoms with Crippen LogP contribution in [0, 0.1) is 5.92 Å². The average Bonchev–Trinajstić information content (AvgIpc) is 2.43. The molecular weight excluding hydrogens is 306 g/mol. The molecule has 0 N–H and O–H groups in total. The van der Waals surface area contributed by atoms with E-state index in [9.17, 15) is 0 Å². The molecule has 2 unspecified atom stereocenters. The highest BCUT2D eigenvalue weighted by Gasteiger charge is 2.23. The minimum absolute atomic E-state index is 0.599. The summed E-state index contributed by atoms with van der Waals surface area (Å²) in [6.45, 7) is 5.55. The Kier molecular flexibility index (Phi) is 5.11. The van der Waals surface area contributed by atoms with Crippen LogP contribution >= 0.6 is 15.9 Å². The fourth-order valence-corrected chi connectivity index (χ4v) is 3.14. The Morgan fingerprint density at radius 2 is 2.00 bits per heavy atom. The number of likely N-dealkylation sites (tertiary alicyclic amines) is 1.